The highest BCUT2D eigenvalue weighted by atomic mass is 79.9. The summed E-state index contributed by atoms with van der Waals surface area (Å²) in [5, 5.41) is 3.26. The van der Waals surface area contributed by atoms with Gasteiger partial charge in [0.15, 0.2) is 0 Å². The molecule has 0 bridgehead atoms. The van der Waals surface area contributed by atoms with Crippen molar-refractivity contribution in [3.8, 4) is 0 Å². The Morgan fingerprint density at radius 3 is 2.05 bits per heavy atom. The molecule has 0 heterocycles. The molecule has 0 aliphatic heterocycles. The lowest BCUT2D eigenvalue weighted by molar-refractivity contribution is 0.615. The van der Waals surface area contributed by atoms with Crippen molar-refractivity contribution in [1.29, 1.82) is 0 Å². The van der Waals surface area contributed by atoms with Gasteiger partial charge in [-0.2, -0.15) is 0 Å². The van der Waals surface area contributed by atoms with Crippen LogP contribution in [0.15, 0.2) is 40.9 Å². The Kier molecular flexibility index (Phi) is 4.38. The highest BCUT2D eigenvalue weighted by molar-refractivity contribution is 9.10. The van der Waals surface area contributed by atoms with Crippen LogP contribution < -0.4 is 5.32 Å². The van der Waals surface area contributed by atoms with E-state index in [2.05, 4.69) is 46.4 Å². The summed E-state index contributed by atoms with van der Waals surface area (Å²) in [5.74, 6) is -0.193. The summed E-state index contributed by atoms with van der Waals surface area (Å²) in [7, 11) is 1.89. The van der Waals surface area contributed by atoms with E-state index in [1.165, 1.54) is 5.56 Å². The van der Waals surface area contributed by atoms with Gasteiger partial charge in [-0.05, 0) is 67.4 Å². The van der Waals surface area contributed by atoms with E-state index in [0.29, 0.717) is 0 Å². The Morgan fingerprint density at radius 1 is 0.947 bits per heavy atom. The standard InChI is InChI=1S/C16H17BrFN/c1-10-4-12(8-14(17)6-10)16(19-3)13-5-11(2)7-15(18)9-13/h4-9,16,19H,1-3H3. The van der Waals surface area contributed by atoms with Gasteiger partial charge in [-0.1, -0.05) is 28.1 Å². The molecule has 0 aliphatic rings. The molecule has 100 valence electrons. The summed E-state index contributed by atoms with van der Waals surface area (Å²) < 4.78 is 14.6. The molecule has 2 rings (SSSR count). The molecule has 0 fully saturated rings. The third-order valence-corrected chi connectivity index (χ3v) is 3.54. The minimum absolute atomic E-state index is 0.00870. The second-order valence-corrected chi connectivity index (χ2v) is 5.76. The number of benzene rings is 2. The number of halogens is 2. The summed E-state index contributed by atoms with van der Waals surface area (Å²) in [6.07, 6.45) is 0. The minimum atomic E-state index is -0.193. The third kappa shape index (κ3) is 3.43. The van der Waals surface area contributed by atoms with E-state index < -0.39 is 0 Å². The molecule has 1 atom stereocenters. The number of aryl methyl sites for hydroxylation is 2. The Morgan fingerprint density at radius 2 is 1.53 bits per heavy atom. The Labute approximate surface area is 122 Å². The lowest BCUT2D eigenvalue weighted by Crippen LogP contribution is -2.18. The van der Waals surface area contributed by atoms with Gasteiger partial charge in [0.2, 0.25) is 0 Å². The second kappa shape index (κ2) is 5.85. The maximum atomic E-state index is 13.6. The zero-order chi connectivity index (χ0) is 14.0. The first kappa shape index (κ1) is 14.2. The SMILES string of the molecule is CNC(c1cc(C)cc(F)c1)c1cc(C)cc(Br)c1. The summed E-state index contributed by atoms with van der Waals surface area (Å²) in [6, 6.07) is 11.4. The van der Waals surface area contributed by atoms with Crippen molar-refractivity contribution in [2.75, 3.05) is 7.05 Å². The molecule has 0 aromatic heterocycles. The van der Waals surface area contributed by atoms with Gasteiger partial charge in [0.1, 0.15) is 5.82 Å². The monoisotopic (exact) mass is 321 g/mol. The number of nitrogens with one attached hydrogen (secondary N) is 1. The topological polar surface area (TPSA) is 12.0 Å². The third-order valence-electron chi connectivity index (χ3n) is 3.08. The quantitative estimate of drug-likeness (QED) is 0.876. The molecule has 19 heavy (non-hydrogen) atoms. The lowest BCUT2D eigenvalue weighted by atomic mass is 9.96. The highest BCUT2D eigenvalue weighted by Crippen LogP contribution is 2.27. The van der Waals surface area contributed by atoms with E-state index in [1.807, 2.05) is 20.0 Å². The maximum Gasteiger partial charge on any atom is 0.123 e. The van der Waals surface area contributed by atoms with E-state index in [1.54, 1.807) is 12.1 Å². The van der Waals surface area contributed by atoms with Crippen molar-refractivity contribution in [1.82, 2.24) is 5.32 Å². The summed E-state index contributed by atoms with van der Waals surface area (Å²) in [4.78, 5) is 0. The Balaban J connectivity index is 2.49. The predicted octanol–water partition coefficient (Wildman–Crippen LogP) is 4.51. The molecule has 0 radical (unpaired) electrons. The van der Waals surface area contributed by atoms with Crippen molar-refractivity contribution >= 4 is 15.9 Å². The molecule has 0 saturated carbocycles. The maximum absolute atomic E-state index is 13.6. The van der Waals surface area contributed by atoms with Crippen molar-refractivity contribution in [2.24, 2.45) is 0 Å². The van der Waals surface area contributed by atoms with E-state index in [4.69, 9.17) is 0 Å². The number of hydrogen-bond donors (Lipinski definition) is 1. The molecule has 2 aromatic carbocycles. The second-order valence-electron chi connectivity index (χ2n) is 4.85. The highest BCUT2D eigenvalue weighted by Gasteiger charge is 2.14. The number of hydrogen-bond acceptors (Lipinski definition) is 1. The fourth-order valence-corrected chi connectivity index (χ4v) is 3.01. The van der Waals surface area contributed by atoms with Gasteiger partial charge in [-0.3, -0.25) is 0 Å². The first-order valence-electron chi connectivity index (χ1n) is 6.21. The average molecular weight is 322 g/mol. The van der Waals surface area contributed by atoms with Crippen LogP contribution >= 0.6 is 15.9 Å². The molecule has 1 unspecified atom stereocenters. The molecule has 2 aromatic rings. The smallest absolute Gasteiger partial charge is 0.123 e. The van der Waals surface area contributed by atoms with E-state index in [-0.39, 0.29) is 11.9 Å². The van der Waals surface area contributed by atoms with Crippen molar-refractivity contribution in [3.63, 3.8) is 0 Å². The predicted molar refractivity (Wildman–Crippen MR) is 80.9 cm³/mol. The first-order chi connectivity index (χ1) is 8.99. The van der Waals surface area contributed by atoms with Crippen LogP contribution in [0, 0.1) is 19.7 Å². The van der Waals surface area contributed by atoms with Gasteiger partial charge in [-0.25, -0.2) is 4.39 Å². The molecule has 3 heteroatoms. The van der Waals surface area contributed by atoms with Gasteiger partial charge in [0, 0.05) is 4.47 Å². The molecule has 1 nitrogen and oxygen atoms in total. The zero-order valence-corrected chi connectivity index (χ0v) is 12.9. The summed E-state index contributed by atoms with van der Waals surface area (Å²) in [5.41, 5.74) is 4.18. The lowest BCUT2D eigenvalue weighted by Gasteiger charge is -2.19. The molecule has 0 saturated heterocycles. The van der Waals surface area contributed by atoms with Gasteiger partial charge in [-0.15, -0.1) is 0 Å². The first-order valence-corrected chi connectivity index (χ1v) is 7.00. The molecular formula is C16H17BrFN. The molecule has 0 spiro atoms. The minimum Gasteiger partial charge on any atom is -0.309 e. The van der Waals surface area contributed by atoms with Crippen LogP contribution in [0.25, 0.3) is 0 Å². The van der Waals surface area contributed by atoms with E-state index in [9.17, 15) is 4.39 Å². The van der Waals surface area contributed by atoms with Crippen LogP contribution in [0.2, 0.25) is 0 Å². The molecule has 0 aliphatic carbocycles. The Bertz CT molecular complexity index is 503. The van der Waals surface area contributed by atoms with Gasteiger partial charge < -0.3 is 5.32 Å². The fraction of sp³-hybridized carbons (Fsp3) is 0.250. The van der Waals surface area contributed by atoms with Crippen LogP contribution in [0.5, 0.6) is 0 Å². The van der Waals surface area contributed by atoms with Gasteiger partial charge >= 0.3 is 0 Å². The van der Waals surface area contributed by atoms with E-state index >= 15 is 0 Å². The van der Waals surface area contributed by atoms with E-state index in [0.717, 1.165) is 21.2 Å². The molecule has 0 amide bonds. The van der Waals surface area contributed by atoms with Crippen LogP contribution in [0.1, 0.15) is 28.3 Å². The molecule has 1 N–H and O–H groups in total. The number of rotatable bonds is 3. The normalized spacial score (nSPS) is 12.5. The zero-order valence-electron chi connectivity index (χ0n) is 11.3. The summed E-state index contributed by atoms with van der Waals surface area (Å²) >= 11 is 3.51. The average Bonchev–Trinajstić information content (AvgIpc) is 2.27. The van der Waals surface area contributed by atoms with Crippen molar-refractivity contribution < 1.29 is 4.39 Å². The van der Waals surface area contributed by atoms with Crippen LogP contribution in [0.4, 0.5) is 4.39 Å². The Hall–Kier alpha value is -1.19. The largest absolute Gasteiger partial charge is 0.309 e. The fourth-order valence-electron chi connectivity index (χ4n) is 2.39. The van der Waals surface area contributed by atoms with Crippen LogP contribution in [0.3, 0.4) is 0 Å². The van der Waals surface area contributed by atoms with Gasteiger partial charge in [0.25, 0.3) is 0 Å². The van der Waals surface area contributed by atoms with Crippen LogP contribution in [-0.4, -0.2) is 7.05 Å². The summed E-state index contributed by atoms with van der Waals surface area (Å²) in [6.45, 7) is 3.96. The molecular weight excluding hydrogens is 305 g/mol. The van der Waals surface area contributed by atoms with Crippen molar-refractivity contribution in [2.45, 2.75) is 19.9 Å². The van der Waals surface area contributed by atoms with Crippen LogP contribution in [-0.2, 0) is 0 Å². The van der Waals surface area contributed by atoms with Crippen molar-refractivity contribution in [3.05, 3.63) is 68.9 Å². The van der Waals surface area contributed by atoms with Gasteiger partial charge in [0.05, 0.1) is 6.04 Å².